The fourth-order valence-corrected chi connectivity index (χ4v) is 3.08. The van der Waals surface area contributed by atoms with Crippen molar-refractivity contribution in [1.29, 1.82) is 5.26 Å². The van der Waals surface area contributed by atoms with E-state index in [0.29, 0.717) is 22.5 Å². The van der Waals surface area contributed by atoms with E-state index in [1.54, 1.807) is 52.8 Å². The van der Waals surface area contributed by atoms with Gasteiger partial charge in [0.15, 0.2) is 11.4 Å². The van der Waals surface area contributed by atoms with Crippen molar-refractivity contribution in [3.05, 3.63) is 42.0 Å². The number of fused-ring (bicyclic) bond motifs is 1. The Balaban J connectivity index is 1.92. The largest absolute Gasteiger partial charge is 0.444 e. The first kappa shape index (κ1) is 23.1. The number of aromatic nitrogens is 3. The lowest BCUT2D eigenvalue weighted by Crippen LogP contribution is -2.43. The Kier molecular flexibility index (Phi) is 6.44. The average molecular weight is 439 g/mol. The van der Waals surface area contributed by atoms with Gasteiger partial charge in [0.25, 0.3) is 0 Å². The van der Waals surface area contributed by atoms with Crippen LogP contribution in [0.4, 0.5) is 9.18 Å². The van der Waals surface area contributed by atoms with E-state index in [1.165, 1.54) is 17.2 Å². The van der Waals surface area contributed by atoms with Crippen molar-refractivity contribution in [1.82, 2.24) is 19.9 Å². The summed E-state index contributed by atoms with van der Waals surface area (Å²) in [5.41, 5.74) is -0.987. The van der Waals surface area contributed by atoms with Gasteiger partial charge in [-0.15, -0.1) is 0 Å². The zero-order chi connectivity index (χ0) is 23.5. The van der Waals surface area contributed by atoms with Crippen molar-refractivity contribution in [2.45, 2.75) is 52.3 Å². The second-order valence-electron chi connectivity index (χ2n) is 8.39. The Morgan fingerprint density at radius 1 is 1.25 bits per heavy atom. The molecule has 0 radical (unpaired) electrons. The highest BCUT2D eigenvalue weighted by atomic mass is 19.1. The summed E-state index contributed by atoms with van der Waals surface area (Å²) in [6.07, 6.45) is 0.960. The van der Waals surface area contributed by atoms with Crippen molar-refractivity contribution >= 4 is 17.2 Å². The molecule has 0 fully saturated rings. The summed E-state index contributed by atoms with van der Waals surface area (Å²) in [5.74, 6) is 0.250. The fourth-order valence-electron chi connectivity index (χ4n) is 3.08. The summed E-state index contributed by atoms with van der Waals surface area (Å²) in [6, 6.07) is 8.55. The Morgan fingerprint density at radius 2 is 2.00 bits per heavy atom. The molecule has 1 unspecified atom stereocenters. The normalized spacial score (nSPS) is 13.4. The molecule has 0 aliphatic carbocycles. The summed E-state index contributed by atoms with van der Waals surface area (Å²) in [5, 5.41) is 9.05. The Morgan fingerprint density at radius 3 is 2.62 bits per heavy atom. The first-order valence-electron chi connectivity index (χ1n) is 10.4. The van der Waals surface area contributed by atoms with Gasteiger partial charge in [-0.1, -0.05) is 6.92 Å². The van der Waals surface area contributed by atoms with Gasteiger partial charge >= 0.3 is 6.09 Å². The second-order valence-corrected chi connectivity index (χ2v) is 8.39. The molecule has 1 aromatic carbocycles. The second kappa shape index (κ2) is 8.91. The number of rotatable bonds is 6. The number of hydrogen-bond donors (Lipinski definition) is 0. The molecule has 8 nitrogen and oxygen atoms in total. The van der Waals surface area contributed by atoms with E-state index in [1.807, 2.05) is 6.07 Å². The maximum Gasteiger partial charge on any atom is 0.410 e. The lowest BCUT2D eigenvalue weighted by molar-refractivity contribution is 0.00481. The van der Waals surface area contributed by atoms with Gasteiger partial charge in [-0.2, -0.15) is 5.26 Å². The molecule has 0 saturated heterocycles. The molecule has 0 saturated carbocycles. The highest BCUT2D eigenvalue weighted by Crippen LogP contribution is 2.34. The minimum atomic E-state index is -2.00. The molecule has 0 aliphatic rings. The van der Waals surface area contributed by atoms with Crippen molar-refractivity contribution < 1.29 is 18.3 Å². The number of amides is 1. The molecule has 3 rings (SSSR count). The molecular weight excluding hydrogens is 413 g/mol. The molecule has 32 heavy (non-hydrogen) atoms. The highest BCUT2D eigenvalue weighted by Gasteiger charge is 2.39. The minimum absolute atomic E-state index is 0.0549. The van der Waals surface area contributed by atoms with Gasteiger partial charge in [0.05, 0.1) is 6.54 Å². The quantitative estimate of drug-likeness (QED) is 0.533. The summed E-state index contributed by atoms with van der Waals surface area (Å²) < 4.78 is 27.1. The van der Waals surface area contributed by atoms with Crippen molar-refractivity contribution in [3.63, 3.8) is 0 Å². The number of nitrogens with zero attached hydrogens (tertiary/aromatic N) is 5. The molecule has 2 heterocycles. The van der Waals surface area contributed by atoms with Gasteiger partial charge in [-0.05, 0) is 58.4 Å². The van der Waals surface area contributed by atoms with Crippen molar-refractivity contribution in [2.24, 2.45) is 0 Å². The SMILES string of the molecule is CCN(CC(F)(CC)c1nc2cc(-c3nccc(C#N)n3)ccc2o1)C(=O)OC(C)(C)C. The number of ether oxygens (including phenoxy) is 1. The van der Waals surface area contributed by atoms with E-state index in [0.717, 1.165) is 0 Å². The first-order chi connectivity index (χ1) is 15.1. The molecule has 168 valence electrons. The molecule has 3 aromatic rings. The summed E-state index contributed by atoms with van der Waals surface area (Å²) in [4.78, 5) is 26.5. The van der Waals surface area contributed by atoms with Gasteiger partial charge in [-0.3, -0.25) is 0 Å². The lowest BCUT2D eigenvalue weighted by Gasteiger charge is -2.31. The third-order valence-corrected chi connectivity index (χ3v) is 4.83. The van der Waals surface area contributed by atoms with Crippen molar-refractivity contribution in [3.8, 4) is 17.5 Å². The van der Waals surface area contributed by atoms with Crippen LogP contribution in [0.3, 0.4) is 0 Å². The molecule has 0 spiro atoms. The number of nitriles is 1. The minimum Gasteiger partial charge on any atom is -0.444 e. The number of benzene rings is 1. The number of carbonyl (C=O) groups excluding carboxylic acids is 1. The van der Waals surface area contributed by atoms with E-state index in [4.69, 9.17) is 14.4 Å². The standard InChI is InChI=1S/C23H26FN5O3/c1-6-23(24,14-29(7-2)21(30)32-22(3,4)5)20-28-17-12-15(8-9-18(17)31-20)19-26-11-10-16(13-25)27-19/h8-12H,6-7,14H2,1-5H3. The Hall–Kier alpha value is -3.54. The van der Waals surface area contributed by atoms with Crippen LogP contribution in [0.1, 0.15) is 52.6 Å². The third-order valence-electron chi connectivity index (χ3n) is 4.83. The van der Waals surface area contributed by atoms with E-state index >= 15 is 4.39 Å². The fraction of sp³-hybridized carbons (Fsp3) is 0.435. The summed E-state index contributed by atoms with van der Waals surface area (Å²) in [6.45, 7) is 8.73. The van der Waals surface area contributed by atoms with Crippen LogP contribution < -0.4 is 0 Å². The smallest absolute Gasteiger partial charge is 0.410 e. The van der Waals surface area contributed by atoms with Crippen LogP contribution in [0.5, 0.6) is 0 Å². The highest BCUT2D eigenvalue weighted by molar-refractivity contribution is 5.79. The van der Waals surface area contributed by atoms with Crippen LogP contribution in [-0.4, -0.2) is 44.6 Å². The van der Waals surface area contributed by atoms with Crippen LogP contribution >= 0.6 is 0 Å². The van der Waals surface area contributed by atoms with Crippen LogP contribution in [-0.2, 0) is 10.4 Å². The van der Waals surface area contributed by atoms with Gasteiger partial charge in [-0.25, -0.2) is 24.1 Å². The van der Waals surface area contributed by atoms with E-state index < -0.39 is 17.4 Å². The van der Waals surface area contributed by atoms with Crippen LogP contribution in [0.25, 0.3) is 22.5 Å². The Bertz CT molecular complexity index is 1160. The van der Waals surface area contributed by atoms with Crippen LogP contribution in [0.15, 0.2) is 34.9 Å². The van der Waals surface area contributed by atoms with Crippen molar-refractivity contribution in [2.75, 3.05) is 13.1 Å². The van der Waals surface area contributed by atoms with Gasteiger partial charge in [0, 0.05) is 18.3 Å². The Labute approximate surface area is 186 Å². The number of carbonyl (C=O) groups is 1. The predicted molar refractivity (Wildman–Crippen MR) is 116 cm³/mol. The molecule has 0 bridgehead atoms. The molecule has 0 N–H and O–H groups in total. The van der Waals surface area contributed by atoms with E-state index in [2.05, 4.69) is 15.0 Å². The monoisotopic (exact) mass is 439 g/mol. The predicted octanol–water partition coefficient (Wildman–Crippen LogP) is 4.99. The van der Waals surface area contributed by atoms with E-state index in [-0.39, 0.29) is 31.1 Å². The molecular formula is C23H26FN5O3. The van der Waals surface area contributed by atoms with Gasteiger partial charge in [0.2, 0.25) is 11.6 Å². The topological polar surface area (TPSA) is 105 Å². The molecule has 9 heteroatoms. The molecule has 1 atom stereocenters. The molecule has 1 amide bonds. The van der Waals surface area contributed by atoms with Crippen LogP contribution in [0, 0.1) is 11.3 Å². The molecule has 0 aliphatic heterocycles. The van der Waals surface area contributed by atoms with Crippen LogP contribution in [0.2, 0.25) is 0 Å². The maximum absolute atomic E-state index is 16.0. The average Bonchev–Trinajstić information content (AvgIpc) is 3.20. The number of halogens is 1. The summed E-state index contributed by atoms with van der Waals surface area (Å²) >= 11 is 0. The molecule has 2 aromatic heterocycles. The zero-order valence-corrected chi connectivity index (χ0v) is 18.8. The number of likely N-dealkylation sites (N-methyl/N-ethyl adjacent to an activating group) is 1. The number of oxazole rings is 1. The number of alkyl halides is 1. The maximum atomic E-state index is 16.0. The van der Waals surface area contributed by atoms with E-state index in [9.17, 15) is 4.79 Å². The van der Waals surface area contributed by atoms with Gasteiger partial charge in [0.1, 0.15) is 22.9 Å². The first-order valence-corrected chi connectivity index (χ1v) is 10.4. The van der Waals surface area contributed by atoms with Gasteiger partial charge < -0.3 is 14.1 Å². The zero-order valence-electron chi connectivity index (χ0n) is 18.8. The lowest BCUT2D eigenvalue weighted by atomic mass is 10.0. The number of hydrogen-bond acceptors (Lipinski definition) is 7. The third kappa shape index (κ3) is 5.02. The summed E-state index contributed by atoms with van der Waals surface area (Å²) in [7, 11) is 0.